The highest BCUT2D eigenvalue weighted by atomic mass is 35.5. The van der Waals surface area contributed by atoms with Gasteiger partial charge in [0, 0.05) is 37.1 Å². The number of hydrogen-bond donors (Lipinski definition) is 1. The fourth-order valence-corrected chi connectivity index (χ4v) is 3.04. The molecule has 0 saturated heterocycles. The number of carbonyl (C=O) groups excluding carboxylic acids is 1. The van der Waals surface area contributed by atoms with Crippen LogP contribution in [0.1, 0.15) is 17.3 Å². The van der Waals surface area contributed by atoms with Gasteiger partial charge in [-0.1, -0.05) is 35.9 Å². The molecule has 1 N–H and O–H groups in total. The van der Waals surface area contributed by atoms with Crippen LogP contribution in [0.4, 0.5) is 17.1 Å². The van der Waals surface area contributed by atoms with Crippen LogP contribution in [0.15, 0.2) is 66.7 Å². The van der Waals surface area contributed by atoms with Crippen molar-refractivity contribution in [2.75, 3.05) is 23.8 Å². The highest BCUT2D eigenvalue weighted by Gasteiger charge is 2.16. The van der Waals surface area contributed by atoms with Crippen molar-refractivity contribution in [3.05, 3.63) is 87.4 Å². The van der Waals surface area contributed by atoms with E-state index in [0.29, 0.717) is 5.69 Å². The Morgan fingerprint density at radius 1 is 1.03 bits per heavy atom. The summed E-state index contributed by atoms with van der Waals surface area (Å²) in [5.41, 5.74) is 3.67. The van der Waals surface area contributed by atoms with E-state index in [9.17, 15) is 14.9 Å². The number of amides is 1. The first-order chi connectivity index (χ1) is 13.9. The van der Waals surface area contributed by atoms with Crippen LogP contribution in [-0.4, -0.2) is 24.4 Å². The van der Waals surface area contributed by atoms with E-state index < -0.39 is 10.8 Å². The van der Waals surface area contributed by atoms with Crippen LogP contribution in [0, 0.1) is 10.1 Å². The minimum atomic E-state index is -0.564. The maximum Gasteiger partial charge on any atom is 0.270 e. The Bertz CT molecular complexity index is 1030. The molecule has 0 heterocycles. The van der Waals surface area contributed by atoms with Crippen LogP contribution in [0.5, 0.6) is 0 Å². The van der Waals surface area contributed by atoms with E-state index in [1.807, 2.05) is 19.2 Å². The predicted octanol–water partition coefficient (Wildman–Crippen LogP) is 5.62. The first kappa shape index (κ1) is 20.4. The number of anilines is 2. The lowest BCUT2D eigenvalue weighted by atomic mass is 10.0. The molecule has 3 aromatic rings. The van der Waals surface area contributed by atoms with Crippen molar-refractivity contribution in [2.45, 2.75) is 6.92 Å². The van der Waals surface area contributed by atoms with Gasteiger partial charge < -0.3 is 10.2 Å². The first-order valence-electron chi connectivity index (χ1n) is 9.06. The van der Waals surface area contributed by atoms with Crippen molar-refractivity contribution in [2.24, 2.45) is 0 Å². The minimum Gasteiger partial charge on any atom is -0.375 e. The van der Waals surface area contributed by atoms with Gasteiger partial charge in [0.15, 0.2) is 0 Å². The summed E-state index contributed by atoms with van der Waals surface area (Å²) in [6.45, 7) is 3.03. The van der Waals surface area contributed by atoms with E-state index in [1.54, 1.807) is 12.1 Å². The minimum absolute atomic E-state index is 0.0561. The molecule has 29 heavy (non-hydrogen) atoms. The molecule has 0 aliphatic rings. The second-order valence-corrected chi connectivity index (χ2v) is 6.92. The topological polar surface area (TPSA) is 75.5 Å². The molecular weight excluding hydrogens is 390 g/mol. The fraction of sp³-hybridized carbons (Fsp3) is 0.136. The lowest BCUT2D eigenvalue weighted by molar-refractivity contribution is -0.384. The van der Waals surface area contributed by atoms with Gasteiger partial charge in [-0.25, -0.2) is 0 Å². The fourth-order valence-electron chi connectivity index (χ4n) is 2.84. The summed E-state index contributed by atoms with van der Waals surface area (Å²) < 4.78 is 0. The number of benzene rings is 3. The molecule has 3 rings (SSSR count). The van der Waals surface area contributed by atoms with E-state index in [0.717, 1.165) is 23.4 Å². The van der Waals surface area contributed by atoms with E-state index in [4.69, 9.17) is 11.6 Å². The smallest absolute Gasteiger partial charge is 0.270 e. The van der Waals surface area contributed by atoms with Crippen molar-refractivity contribution in [1.29, 1.82) is 0 Å². The van der Waals surface area contributed by atoms with Gasteiger partial charge in [-0.2, -0.15) is 0 Å². The molecule has 0 bridgehead atoms. The normalized spacial score (nSPS) is 10.4. The van der Waals surface area contributed by atoms with Crippen LogP contribution in [0.2, 0.25) is 5.02 Å². The molecule has 0 spiro atoms. The van der Waals surface area contributed by atoms with Gasteiger partial charge in [0.05, 0.1) is 15.5 Å². The number of rotatable bonds is 6. The standard InChI is InChI=1S/C22H20ClN3O3/c1-3-25(2)18-10-6-16(7-11-18)15-4-8-17(9-5-15)24-22(27)20-14-19(26(28)29)12-13-21(20)23/h4-14H,3H2,1-2H3,(H,24,27). The molecule has 0 aliphatic heterocycles. The van der Waals surface area contributed by atoms with Crippen LogP contribution in [0.3, 0.4) is 0 Å². The molecule has 3 aromatic carbocycles. The maximum absolute atomic E-state index is 12.5. The maximum atomic E-state index is 12.5. The van der Waals surface area contributed by atoms with E-state index in [2.05, 4.69) is 41.4 Å². The number of nitro benzene ring substituents is 1. The molecule has 148 valence electrons. The third-order valence-electron chi connectivity index (χ3n) is 4.66. The second-order valence-electron chi connectivity index (χ2n) is 6.51. The molecule has 0 aliphatic carbocycles. The van der Waals surface area contributed by atoms with E-state index >= 15 is 0 Å². The molecule has 0 unspecified atom stereocenters. The van der Waals surface area contributed by atoms with Crippen LogP contribution >= 0.6 is 11.6 Å². The van der Waals surface area contributed by atoms with E-state index in [1.165, 1.54) is 18.2 Å². The van der Waals surface area contributed by atoms with Gasteiger partial charge >= 0.3 is 0 Å². The lowest BCUT2D eigenvalue weighted by Crippen LogP contribution is -2.15. The Labute approximate surface area is 173 Å². The second kappa shape index (κ2) is 8.75. The summed E-state index contributed by atoms with van der Waals surface area (Å²) in [7, 11) is 2.04. The summed E-state index contributed by atoms with van der Waals surface area (Å²) in [5, 5.41) is 13.8. The summed E-state index contributed by atoms with van der Waals surface area (Å²) >= 11 is 6.03. The van der Waals surface area contributed by atoms with Crippen molar-refractivity contribution in [3.63, 3.8) is 0 Å². The zero-order chi connectivity index (χ0) is 21.0. The van der Waals surface area contributed by atoms with Crippen LogP contribution in [0.25, 0.3) is 11.1 Å². The average Bonchev–Trinajstić information content (AvgIpc) is 2.74. The number of nitrogens with zero attached hydrogens (tertiary/aromatic N) is 2. The van der Waals surface area contributed by atoms with Gasteiger partial charge in [-0.3, -0.25) is 14.9 Å². The Morgan fingerprint density at radius 3 is 2.17 bits per heavy atom. The number of nitrogens with one attached hydrogen (secondary N) is 1. The number of halogens is 1. The molecule has 6 nitrogen and oxygen atoms in total. The highest BCUT2D eigenvalue weighted by Crippen LogP contribution is 2.26. The Hall–Kier alpha value is -3.38. The Morgan fingerprint density at radius 2 is 1.62 bits per heavy atom. The number of non-ortho nitro benzene ring substituents is 1. The highest BCUT2D eigenvalue weighted by molar-refractivity contribution is 6.34. The molecule has 0 radical (unpaired) electrons. The zero-order valence-electron chi connectivity index (χ0n) is 16.1. The molecular formula is C22H20ClN3O3. The largest absolute Gasteiger partial charge is 0.375 e. The van der Waals surface area contributed by atoms with Gasteiger partial charge in [-0.15, -0.1) is 0 Å². The Balaban J connectivity index is 1.75. The molecule has 0 saturated carbocycles. The van der Waals surface area contributed by atoms with Gasteiger partial charge in [0.1, 0.15) is 0 Å². The summed E-state index contributed by atoms with van der Waals surface area (Å²) in [6, 6.07) is 19.4. The summed E-state index contributed by atoms with van der Waals surface area (Å²) in [6.07, 6.45) is 0. The van der Waals surface area contributed by atoms with Crippen molar-refractivity contribution >= 4 is 34.6 Å². The molecule has 0 atom stereocenters. The predicted molar refractivity (Wildman–Crippen MR) is 117 cm³/mol. The van der Waals surface area contributed by atoms with Crippen molar-refractivity contribution in [3.8, 4) is 11.1 Å². The van der Waals surface area contributed by atoms with E-state index in [-0.39, 0.29) is 16.3 Å². The number of nitro groups is 1. The first-order valence-corrected chi connectivity index (χ1v) is 9.43. The molecule has 0 fully saturated rings. The number of carbonyl (C=O) groups is 1. The zero-order valence-corrected chi connectivity index (χ0v) is 16.8. The summed E-state index contributed by atoms with van der Waals surface area (Å²) in [4.78, 5) is 25.0. The molecule has 1 amide bonds. The van der Waals surface area contributed by atoms with Crippen molar-refractivity contribution < 1.29 is 9.72 Å². The lowest BCUT2D eigenvalue weighted by Gasteiger charge is -2.17. The van der Waals surface area contributed by atoms with Crippen LogP contribution in [-0.2, 0) is 0 Å². The van der Waals surface area contributed by atoms with Crippen LogP contribution < -0.4 is 10.2 Å². The third-order valence-corrected chi connectivity index (χ3v) is 4.99. The van der Waals surface area contributed by atoms with Crippen molar-refractivity contribution in [1.82, 2.24) is 0 Å². The summed E-state index contributed by atoms with van der Waals surface area (Å²) in [5.74, 6) is -0.501. The SMILES string of the molecule is CCN(C)c1ccc(-c2ccc(NC(=O)c3cc([N+](=O)[O-])ccc3Cl)cc2)cc1. The average molecular weight is 410 g/mol. The van der Waals surface area contributed by atoms with Gasteiger partial charge in [0.25, 0.3) is 11.6 Å². The number of hydrogen-bond acceptors (Lipinski definition) is 4. The quantitative estimate of drug-likeness (QED) is 0.423. The van der Waals surface area contributed by atoms with Gasteiger partial charge in [-0.05, 0) is 48.4 Å². The van der Waals surface area contributed by atoms with Gasteiger partial charge in [0.2, 0.25) is 0 Å². The molecule has 7 heteroatoms. The molecule has 0 aromatic heterocycles. The monoisotopic (exact) mass is 409 g/mol. The Kier molecular flexibility index (Phi) is 6.14. The third kappa shape index (κ3) is 4.73.